The Morgan fingerprint density at radius 1 is 1.56 bits per heavy atom. The number of halogens is 2. The van der Waals surface area contributed by atoms with Gasteiger partial charge in [0.2, 0.25) is 0 Å². The average Bonchev–Trinajstić information content (AvgIpc) is 2.81. The van der Waals surface area contributed by atoms with Crippen molar-refractivity contribution in [1.82, 2.24) is 0 Å². The maximum absolute atomic E-state index is 6.08. The molecule has 0 saturated carbocycles. The zero-order chi connectivity index (χ0) is 11.5. The standard InChI is InChI=1S/C12H15BrClNS/c1-15(11-4-5-16-8-11)12-6-10(14)3-2-9(12)7-13/h2-3,6,11H,4-5,7-8H2,1H3. The van der Waals surface area contributed by atoms with Crippen LogP contribution in [-0.2, 0) is 5.33 Å². The summed E-state index contributed by atoms with van der Waals surface area (Å²) in [5.74, 6) is 2.50. The Morgan fingerprint density at radius 3 is 3.00 bits per heavy atom. The van der Waals surface area contributed by atoms with Gasteiger partial charge in [-0.1, -0.05) is 33.6 Å². The van der Waals surface area contributed by atoms with Crippen LogP contribution in [0.5, 0.6) is 0 Å². The van der Waals surface area contributed by atoms with Crippen LogP contribution in [0.15, 0.2) is 18.2 Å². The number of hydrogen-bond donors (Lipinski definition) is 0. The molecular weight excluding hydrogens is 306 g/mol. The van der Waals surface area contributed by atoms with Crippen LogP contribution in [0.1, 0.15) is 12.0 Å². The molecule has 1 aliphatic rings. The van der Waals surface area contributed by atoms with E-state index in [0.29, 0.717) is 6.04 Å². The van der Waals surface area contributed by atoms with Gasteiger partial charge in [-0.2, -0.15) is 11.8 Å². The number of alkyl halides is 1. The molecular formula is C12H15BrClNS. The summed E-state index contributed by atoms with van der Waals surface area (Å²) in [4.78, 5) is 2.38. The van der Waals surface area contributed by atoms with Gasteiger partial charge in [-0.25, -0.2) is 0 Å². The number of benzene rings is 1. The van der Waals surface area contributed by atoms with Crippen molar-refractivity contribution in [2.45, 2.75) is 17.8 Å². The lowest BCUT2D eigenvalue weighted by Crippen LogP contribution is -2.31. The van der Waals surface area contributed by atoms with Gasteiger partial charge < -0.3 is 4.90 Å². The highest BCUT2D eigenvalue weighted by molar-refractivity contribution is 9.08. The van der Waals surface area contributed by atoms with E-state index in [1.807, 2.05) is 17.8 Å². The number of rotatable bonds is 3. The molecule has 1 aromatic carbocycles. The molecule has 0 spiro atoms. The molecule has 1 nitrogen and oxygen atoms in total. The molecule has 0 aliphatic carbocycles. The third-order valence-corrected chi connectivity index (χ3v) is 5.01. The van der Waals surface area contributed by atoms with Crippen LogP contribution in [0, 0.1) is 0 Å². The van der Waals surface area contributed by atoms with Crippen molar-refractivity contribution < 1.29 is 0 Å². The van der Waals surface area contributed by atoms with Gasteiger partial charge >= 0.3 is 0 Å². The Morgan fingerprint density at radius 2 is 2.38 bits per heavy atom. The smallest absolute Gasteiger partial charge is 0.0426 e. The van der Waals surface area contributed by atoms with E-state index in [9.17, 15) is 0 Å². The molecule has 1 aliphatic heterocycles. The predicted molar refractivity (Wildman–Crippen MR) is 78.2 cm³/mol. The summed E-state index contributed by atoms with van der Waals surface area (Å²) in [6.07, 6.45) is 1.27. The van der Waals surface area contributed by atoms with Crippen LogP contribution in [-0.4, -0.2) is 24.6 Å². The molecule has 0 radical (unpaired) electrons. The van der Waals surface area contributed by atoms with Crippen LogP contribution >= 0.6 is 39.3 Å². The van der Waals surface area contributed by atoms with E-state index in [2.05, 4.69) is 40.0 Å². The van der Waals surface area contributed by atoms with Crippen LogP contribution in [0.4, 0.5) is 5.69 Å². The molecule has 0 N–H and O–H groups in total. The maximum atomic E-state index is 6.08. The van der Waals surface area contributed by atoms with Crippen LogP contribution < -0.4 is 4.90 Å². The summed E-state index contributed by atoms with van der Waals surface area (Å²) in [5.41, 5.74) is 2.57. The molecule has 1 fully saturated rings. The SMILES string of the molecule is CN(c1cc(Cl)ccc1CBr)C1CCSC1. The van der Waals surface area contributed by atoms with Crippen LogP contribution in [0.2, 0.25) is 5.02 Å². The minimum absolute atomic E-state index is 0.654. The molecule has 2 rings (SSSR count). The van der Waals surface area contributed by atoms with E-state index >= 15 is 0 Å². The highest BCUT2D eigenvalue weighted by Crippen LogP contribution is 2.31. The van der Waals surface area contributed by atoms with E-state index in [1.165, 1.54) is 29.2 Å². The summed E-state index contributed by atoms with van der Waals surface area (Å²) < 4.78 is 0. The molecule has 4 heteroatoms. The van der Waals surface area contributed by atoms with Crippen molar-refractivity contribution in [3.8, 4) is 0 Å². The molecule has 88 valence electrons. The van der Waals surface area contributed by atoms with Crippen LogP contribution in [0.3, 0.4) is 0 Å². The topological polar surface area (TPSA) is 3.24 Å². The first-order chi connectivity index (χ1) is 7.72. The lowest BCUT2D eigenvalue weighted by Gasteiger charge is -2.28. The summed E-state index contributed by atoms with van der Waals surface area (Å²) in [7, 11) is 2.17. The van der Waals surface area contributed by atoms with Gasteiger partial charge in [0.1, 0.15) is 0 Å². The van der Waals surface area contributed by atoms with Crippen molar-refractivity contribution in [1.29, 1.82) is 0 Å². The predicted octanol–water partition coefficient (Wildman–Crippen LogP) is 4.18. The molecule has 1 unspecified atom stereocenters. The maximum Gasteiger partial charge on any atom is 0.0426 e. The van der Waals surface area contributed by atoms with Crippen LogP contribution in [0.25, 0.3) is 0 Å². The molecule has 1 saturated heterocycles. The lowest BCUT2D eigenvalue weighted by molar-refractivity contribution is 0.698. The number of hydrogen-bond acceptors (Lipinski definition) is 2. The van der Waals surface area contributed by atoms with E-state index in [4.69, 9.17) is 11.6 Å². The Labute approximate surface area is 115 Å². The van der Waals surface area contributed by atoms with Crippen molar-refractivity contribution in [3.63, 3.8) is 0 Å². The molecule has 1 aromatic rings. The van der Waals surface area contributed by atoms with Gasteiger partial charge in [-0.15, -0.1) is 0 Å². The largest absolute Gasteiger partial charge is 0.370 e. The number of anilines is 1. The zero-order valence-corrected chi connectivity index (χ0v) is 12.4. The number of thioether (sulfide) groups is 1. The second kappa shape index (κ2) is 5.65. The van der Waals surface area contributed by atoms with E-state index in [0.717, 1.165) is 10.4 Å². The first-order valence-corrected chi connectivity index (χ1v) is 8.02. The van der Waals surface area contributed by atoms with Crippen molar-refractivity contribution in [2.24, 2.45) is 0 Å². The van der Waals surface area contributed by atoms with Crippen molar-refractivity contribution in [2.75, 3.05) is 23.5 Å². The van der Waals surface area contributed by atoms with Gasteiger partial charge in [-0.3, -0.25) is 0 Å². The average molecular weight is 321 g/mol. The van der Waals surface area contributed by atoms with Gasteiger partial charge in [0.05, 0.1) is 0 Å². The second-order valence-electron chi connectivity index (χ2n) is 4.03. The summed E-state index contributed by atoms with van der Waals surface area (Å²) in [6, 6.07) is 6.78. The van der Waals surface area contributed by atoms with E-state index in [-0.39, 0.29) is 0 Å². The quantitative estimate of drug-likeness (QED) is 0.769. The number of nitrogens with zero attached hydrogens (tertiary/aromatic N) is 1. The lowest BCUT2D eigenvalue weighted by atomic mass is 10.1. The van der Waals surface area contributed by atoms with Gasteiger partial charge in [0.25, 0.3) is 0 Å². The zero-order valence-electron chi connectivity index (χ0n) is 9.25. The Balaban J connectivity index is 2.26. The Bertz CT molecular complexity index is 366. The minimum atomic E-state index is 0.654. The monoisotopic (exact) mass is 319 g/mol. The fourth-order valence-electron chi connectivity index (χ4n) is 2.00. The minimum Gasteiger partial charge on any atom is -0.370 e. The third-order valence-electron chi connectivity index (χ3n) is 3.02. The van der Waals surface area contributed by atoms with Crippen molar-refractivity contribution >= 4 is 45.0 Å². The van der Waals surface area contributed by atoms with Gasteiger partial charge in [0, 0.05) is 34.9 Å². The molecule has 1 atom stereocenters. The fourth-order valence-corrected chi connectivity index (χ4v) is 3.91. The molecule has 0 aromatic heterocycles. The molecule has 16 heavy (non-hydrogen) atoms. The first-order valence-electron chi connectivity index (χ1n) is 5.37. The third kappa shape index (κ3) is 2.69. The Kier molecular flexibility index (Phi) is 4.45. The first kappa shape index (κ1) is 12.6. The summed E-state index contributed by atoms with van der Waals surface area (Å²) >= 11 is 11.6. The van der Waals surface area contributed by atoms with Crippen molar-refractivity contribution in [3.05, 3.63) is 28.8 Å². The highest BCUT2D eigenvalue weighted by Gasteiger charge is 2.21. The Hall–Kier alpha value is 0.140. The van der Waals surface area contributed by atoms with Gasteiger partial charge in [0.15, 0.2) is 0 Å². The normalized spacial score (nSPS) is 20.1. The second-order valence-corrected chi connectivity index (χ2v) is 6.18. The molecule has 0 amide bonds. The molecule has 1 heterocycles. The van der Waals surface area contributed by atoms with Gasteiger partial charge in [-0.05, 0) is 29.9 Å². The summed E-state index contributed by atoms with van der Waals surface area (Å²) in [5, 5.41) is 1.70. The van der Waals surface area contributed by atoms with E-state index in [1.54, 1.807) is 0 Å². The van der Waals surface area contributed by atoms with E-state index < -0.39 is 0 Å². The summed E-state index contributed by atoms with van der Waals surface area (Å²) in [6.45, 7) is 0. The fraction of sp³-hybridized carbons (Fsp3) is 0.500. The molecule has 0 bridgehead atoms. The highest BCUT2D eigenvalue weighted by atomic mass is 79.9.